The second-order valence-corrected chi connectivity index (χ2v) is 5.12. The summed E-state index contributed by atoms with van der Waals surface area (Å²) in [4.78, 5) is 13.3. The van der Waals surface area contributed by atoms with Gasteiger partial charge in [0.15, 0.2) is 0 Å². The first kappa shape index (κ1) is 12.7. The monoisotopic (exact) mass is 211 g/mol. The lowest BCUT2D eigenvalue weighted by Crippen LogP contribution is -2.39. The molecule has 0 heterocycles. The summed E-state index contributed by atoms with van der Waals surface area (Å²) in [6.07, 6.45) is 7.27. The van der Waals surface area contributed by atoms with Gasteiger partial charge in [-0.15, -0.1) is 0 Å². The van der Waals surface area contributed by atoms with E-state index in [4.69, 9.17) is 0 Å². The molecule has 2 nitrogen and oxygen atoms in total. The van der Waals surface area contributed by atoms with Crippen LogP contribution in [0.2, 0.25) is 0 Å². The number of hydrogen-bond acceptors (Lipinski definition) is 2. The van der Waals surface area contributed by atoms with Crippen LogP contribution in [0.1, 0.15) is 52.4 Å². The normalized spacial score (nSPS) is 26.9. The fourth-order valence-corrected chi connectivity index (χ4v) is 2.69. The van der Waals surface area contributed by atoms with Crippen molar-refractivity contribution in [2.45, 2.75) is 58.4 Å². The van der Waals surface area contributed by atoms with Crippen molar-refractivity contribution in [2.24, 2.45) is 5.92 Å². The van der Waals surface area contributed by atoms with Crippen LogP contribution >= 0.6 is 0 Å². The van der Waals surface area contributed by atoms with E-state index in [1.165, 1.54) is 25.7 Å². The Hall–Kier alpha value is -0.370. The number of carbonyl (C=O) groups excluding carboxylic acids is 1. The van der Waals surface area contributed by atoms with Crippen LogP contribution in [0.5, 0.6) is 0 Å². The predicted octanol–water partition coefficient (Wildman–Crippen LogP) is 2.87. The van der Waals surface area contributed by atoms with Gasteiger partial charge in [-0.1, -0.05) is 19.8 Å². The van der Waals surface area contributed by atoms with Crippen molar-refractivity contribution in [3.63, 3.8) is 0 Å². The molecule has 1 rings (SSSR count). The van der Waals surface area contributed by atoms with Crippen LogP contribution in [0.25, 0.3) is 0 Å². The molecule has 1 fully saturated rings. The predicted molar refractivity (Wildman–Crippen MR) is 64.0 cm³/mol. The summed E-state index contributed by atoms with van der Waals surface area (Å²) >= 11 is 0. The van der Waals surface area contributed by atoms with Crippen molar-refractivity contribution in [1.29, 1.82) is 0 Å². The Balaban J connectivity index is 2.25. The fraction of sp³-hybridized carbons (Fsp3) is 0.923. The van der Waals surface area contributed by atoms with Crippen LogP contribution < -0.4 is 0 Å². The van der Waals surface area contributed by atoms with Gasteiger partial charge >= 0.3 is 0 Å². The molecule has 0 aromatic rings. The van der Waals surface area contributed by atoms with Crippen molar-refractivity contribution in [1.82, 2.24) is 4.90 Å². The van der Waals surface area contributed by atoms with Crippen LogP contribution in [0.4, 0.5) is 0 Å². The van der Waals surface area contributed by atoms with Crippen LogP contribution in [0.3, 0.4) is 0 Å². The number of ketones is 1. The molecule has 0 aromatic heterocycles. The Morgan fingerprint density at radius 3 is 2.60 bits per heavy atom. The molecule has 2 heteroatoms. The number of carbonyl (C=O) groups is 1. The van der Waals surface area contributed by atoms with Crippen molar-refractivity contribution in [3.05, 3.63) is 0 Å². The molecule has 2 atom stereocenters. The summed E-state index contributed by atoms with van der Waals surface area (Å²) in [5, 5.41) is 0. The maximum Gasteiger partial charge on any atom is 0.129 e. The number of nitrogens with zero attached hydrogens (tertiary/aromatic N) is 1. The zero-order valence-electron chi connectivity index (χ0n) is 10.5. The van der Waals surface area contributed by atoms with Crippen LogP contribution in [-0.4, -0.2) is 30.3 Å². The lowest BCUT2D eigenvalue weighted by atomic mass is 9.85. The second kappa shape index (κ2) is 6.26. The summed E-state index contributed by atoms with van der Waals surface area (Å²) in [7, 11) is 2.21. The minimum atomic E-state index is 0.320. The first-order valence-corrected chi connectivity index (χ1v) is 6.31. The van der Waals surface area contributed by atoms with Gasteiger partial charge < -0.3 is 9.69 Å². The third-order valence-electron chi connectivity index (χ3n) is 3.67. The lowest BCUT2D eigenvalue weighted by molar-refractivity contribution is -0.117. The number of rotatable bonds is 5. The average Bonchev–Trinajstić information content (AvgIpc) is 2.17. The van der Waals surface area contributed by atoms with Crippen molar-refractivity contribution in [3.8, 4) is 0 Å². The zero-order chi connectivity index (χ0) is 11.3. The molecule has 1 aliphatic carbocycles. The first-order chi connectivity index (χ1) is 7.11. The lowest BCUT2D eigenvalue weighted by Gasteiger charge is -2.36. The molecule has 0 amide bonds. The van der Waals surface area contributed by atoms with Crippen LogP contribution in [0.15, 0.2) is 0 Å². The highest BCUT2D eigenvalue weighted by molar-refractivity contribution is 5.75. The Kier molecular flexibility index (Phi) is 5.30. The quantitative estimate of drug-likeness (QED) is 0.697. The molecule has 0 bridgehead atoms. The van der Waals surface area contributed by atoms with E-state index in [-0.39, 0.29) is 0 Å². The molecule has 0 spiro atoms. The molecule has 0 aromatic carbocycles. The van der Waals surface area contributed by atoms with Gasteiger partial charge in [-0.2, -0.15) is 0 Å². The maximum atomic E-state index is 10.8. The highest BCUT2D eigenvalue weighted by atomic mass is 16.1. The van der Waals surface area contributed by atoms with Crippen LogP contribution in [-0.2, 0) is 4.79 Å². The van der Waals surface area contributed by atoms with E-state index in [2.05, 4.69) is 18.9 Å². The molecule has 0 saturated heterocycles. The van der Waals surface area contributed by atoms with Gasteiger partial charge in [0.2, 0.25) is 0 Å². The van der Waals surface area contributed by atoms with Crippen molar-refractivity contribution >= 4 is 5.78 Å². The first-order valence-electron chi connectivity index (χ1n) is 6.31. The van der Waals surface area contributed by atoms with Crippen LogP contribution in [0, 0.1) is 5.92 Å². The molecular formula is C13H25NO. The number of hydrogen-bond donors (Lipinski definition) is 0. The molecule has 0 aliphatic heterocycles. The zero-order valence-corrected chi connectivity index (χ0v) is 10.5. The van der Waals surface area contributed by atoms with Gasteiger partial charge in [0.25, 0.3) is 0 Å². The van der Waals surface area contributed by atoms with Crippen molar-refractivity contribution in [2.75, 3.05) is 13.6 Å². The number of Topliss-reactive ketones (excluding diaryl/α,β-unsaturated/α-hetero) is 1. The minimum Gasteiger partial charge on any atom is -0.303 e. The molecule has 0 radical (unpaired) electrons. The standard InChI is InChI=1S/C13H25NO/c1-11-7-4-5-9-13(11)14(3)10-6-8-12(2)15/h11,13H,4-10H2,1-3H3. The summed E-state index contributed by atoms with van der Waals surface area (Å²) in [5.74, 6) is 1.15. The van der Waals surface area contributed by atoms with Gasteiger partial charge in [-0.25, -0.2) is 0 Å². The Labute approximate surface area is 94.0 Å². The third kappa shape index (κ3) is 4.33. The molecule has 88 valence electrons. The smallest absolute Gasteiger partial charge is 0.129 e. The van der Waals surface area contributed by atoms with E-state index in [0.717, 1.165) is 31.3 Å². The summed E-state index contributed by atoms with van der Waals surface area (Å²) in [6, 6.07) is 0.755. The summed E-state index contributed by atoms with van der Waals surface area (Å²) in [6.45, 7) is 5.13. The molecule has 1 aliphatic rings. The van der Waals surface area contributed by atoms with E-state index in [9.17, 15) is 4.79 Å². The van der Waals surface area contributed by atoms with E-state index in [1.54, 1.807) is 6.92 Å². The van der Waals surface area contributed by atoms with Crippen molar-refractivity contribution < 1.29 is 4.79 Å². The van der Waals surface area contributed by atoms with Gasteiger partial charge in [0.1, 0.15) is 5.78 Å². The molecule has 1 saturated carbocycles. The molecular weight excluding hydrogens is 186 g/mol. The minimum absolute atomic E-state index is 0.320. The largest absolute Gasteiger partial charge is 0.303 e. The van der Waals surface area contributed by atoms with Gasteiger partial charge in [0, 0.05) is 12.5 Å². The second-order valence-electron chi connectivity index (χ2n) is 5.12. The van der Waals surface area contributed by atoms with Gasteiger partial charge in [-0.05, 0) is 45.7 Å². The van der Waals surface area contributed by atoms with Gasteiger partial charge in [-0.3, -0.25) is 0 Å². The topological polar surface area (TPSA) is 20.3 Å². The Morgan fingerprint density at radius 2 is 2.00 bits per heavy atom. The SMILES string of the molecule is CC(=O)CCCN(C)C1CCCCC1C. The van der Waals surface area contributed by atoms with E-state index in [0.29, 0.717) is 5.78 Å². The van der Waals surface area contributed by atoms with E-state index < -0.39 is 0 Å². The molecule has 0 N–H and O–H groups in total. The third-order valence-corrected chi connectivity index (χ3v) is 3.67. The molecule has 15 heavy (non-hydrogen) atoms. The highest BCUT2D eigenvalue weighted by Gasteiger charge is 2.24. The Bertz CT molecular complexity index is 203. The average molecular weight is 211 g/mol. The van der Waals surface area contributed by atoms with E-state index >= 15 is 0 Å². The maximum absolute atomic E-state index is 10.8. The van der Waals surface area contributed by atoms with Gasteiger partial charge in [0.05, 0.1) is 0 Å². The summed E-state index contributed by atoms with van der Waals surface area (Å²) < 4.78 is 0. The summed E-state index contributed by atoms with van der Waals surface area (Å²) in [5.41, 5.74) is 0. The Morgan fingerprint density at radius 1 is 1.33 bits per heavy atom. The fourth-order valence-electron chi connectivity index (χ4n) is 2.69. The highest BCUT2D eigenvalue weighted by Crippen LogP contribution is 2.27. The van der Waals surface area contributed by atoms with E-state index in [1.807, 2.05) is 0 Å². The molecule has 2 unspecified atom stereocenters.